The molecule has 0 aromatic rings. The van der Waals surface area contributed by atoms with Gasteiger partial charge in [-0.15, -0.1) is 11.8 Å². The summed E-state index contributed by atoms with van der Waals surface area (Å²) in [4.78, 5) is 17.4. The number of nitrogens with two attached hydrogens (primary N) is 1. The van der Waals surface area contributed by atoms with E-state index in [0.717, 1.165) is 76.9 Å². The molecule has 8 nitrogen and oxygen atoms in total. The SMILES string of the molecule is COC1CCC2CCCNC2C1N1CCCN(C(CC(N)=O)C2CSC(C3CCOCC3)N2)CC1. The molecular formula is C26H47N5O3S. The zero-order chi connectivity index (χ0) is 24.2. The second-order valence-electron chi connectivity index (χ2n) is 11.4. The monoisotopic (exact) mass is 509 g/mol. The van der Waals surface area contributed by atoms with Crippen LogP contribution in [0.3, 0.4) is 0 Å². The molecule has 7 unspecified atom stereocenters. The van der Waals surface area contributed by atoms with Gasteiger partial charge in [-0.1, -0.05) is 0 Å². The molecule has 0 spiro atoms. The number of carbonyl (C=O) groups excluding carboxylic acids is 1. The summed E-state index contributed by atoms with van der Waals surface area (Å²) in [5.41, 5.74) is 5.79. The molecule has 4 aliphatic heterocycles. The minimum Gasteiger partial charge on any atom is -0.381 e. The summed E-state index contributed by atoms with van der Waals surface area (Å²) in [5, 5.41) is 8.28. The van der Waals surface area contributed by atoms with Crippen molar-refractivity contribution < 1.29 is 14.3 Å². The number of primary amides is 1. The van der Waals surface area contributed by atoms with Crippen molar-refractivity contribution in [1.29, 1.82) is 0 Å². The Balaban J connectivity index is 1.24. The predicted octanol–water partition coefficient (Wildman–Crippen LogP) is 1.24. The van der Waals surface area contributed by atoms with E-state index < -0.39 is 0 Å². The summed E-state index contributed by atoms with van der Waals surface area (Å²) in [6.07, 6.45) is 9.25. The smallest absolute Gasteiger partial charge is 0.219 e. The molecule has 1 aliphatic carbocycles. The van der Waals surface area contributed by atoms with Crippen LogP contribution in [0.15, 0.2) is 0 Å². The van der Waals surface area contributed by atoms with E-state index in [1.54, 1.807) is 0 Å². The maximum atomic E-state index is 12.1. The molecule has 1 amide bonds. The highest BCUT2D eigenvalue weighted by Crippen LogP contribution is 2.36. The van der Waals surface area contributed by atoms with E-state index in [4.69, 9.17) is 15.2 Å². The van der Waals surface area contributed by atoms with Crippen LogP contribution in [0.25, 0.3) is 0 Å². The summed E-state index contributed by atoms with van der Waals surface area (Å²) in [6, 6.07) is 1.49. The fourth-order valence-electron chi connectivity index (χ4n) is 7.55. The molecule has 5 fully saturated rings. The zero-order valence-electron chi connectivity index (χ0n) is 21.5. The van der Waals surface area contributed by atoms with Gasteiger partial charge in [-0.3, -0.25) is 19.9 Å². The highest BCUT2D eigenvalue weighted by Gasteiger charge is 2.44. The first-order valence-electron chi connectivity index (χ1n) is 14.1. The number of nitrogens with one attached hydrogen (secondary N) is 2. The fourth-order valence-corrected chi connectivity index (χ4v) is 9.10. The summed E-state index contributed by atoms with van der Waals surface area (Å²) in [6.45, 7) is 7.05. The number of thioether (sulfide) groups is 1. The largest absolute Gasteiger partial charge is 0.381 e. The van der Waals surface area contributed by atoms with Crippen molar-refractivity contribution in [3.05, 3.63) is 0 Å². The van der Waals surface area contributed by atoms with Crippen molar-refractivity contribution in [1.82, 2.24) is 20.4 Å². The molecule has 200 valence electrons. The Hall–Kier alpha value is -0.420. The molecule has 1 saturated carbocycles. The summed E-state index contributed by atoms with van der Waals surface area (Å²) >= 11 is 2.04. The van der Waals surface area contributed by atoms with Crippen molar-refractivity contribution in [2.24, 2.45) is 17.6 Å². The van der Waals surface area contributed by atoms with Gasteiger partial charge >= 0.3 is 0 Å². The maximum absolute atomic E-state index is 12.1. The van der Waals surface area contributed by atoms with Crippen LogP contribution in [0.2, 0.25) is 0 Å². The van der Waals surface area contributed by atoms with Crippen LogP contribution < -0.4 is 16.4 Å². The number of nitrogens with zero attached hydrogens (tertiary/aromatic N) is 2. The zero-order valence-corrected chi connectivity index (χ0v) is 22.4. The van der Waals surface area contributed by atoms with E-state index in [9.17, 15) is 4.79 Å². The van der Waals surface area contributed by atoms with E-state index in [-0.39, 0.29) is 11.9 Å². The van der Waals surface area contributed by atoms with E-state index in [2.05, 4.69) is 20.4 Å². The van der Waals surface area contributed by atoms with Crippen LogP contribution in [0.5, 0.6) is 0 Å². The second-order valence-corrected chi connectivity index (χ2v) is 12.5. The lowest BCUT2D eigenvalue weighted by Gasteiger charge is -2.49. The van der Waals surface area contributed by atoms with Gasteiger partial charge in [0.1, 0.15) is 0 Å². The van der Waals surface area contributed by atoms with E-state index in [1.165, 1.54) is 25.7 Å². The number of hydrogen-bond acceptors (Lipinski definition) is 8. The normalized spacial score (nSPS) is 39.1. The number of rotatable bonds is 7. The molecule has 4 heterocycles. The van der Waals surface area contributed by atoms with Gasteiger partial charge in [-0.05, 0) is 76.4 Å². The first-order chi connectivity index (χ1) is 17.1. The fraction of sp³-hybridized carbons (Fsp3) is 0.962. The molecule has 9 heteroatoms. The van der Waals surface area contributed by atoms with Gasteiger partial charge in [0.05, 0.1) is 17.5 Å². The molecular weight excluding hydrogens is 462 g/mol. The number of amides is 1. The standard InChI is InChI=1S/C26H47N5O3S/c1-33-22-6-5-18-4-2-9-28-24(18)25(22)31-11-3-10-30(12-13-31)21(16-23(27)32)20-17-35-26(29-20)19-7-14-34-15-8-19/h18-22,24-26,28-29H,2-17H2,1H3,(H2,27,32). The number of piperidine rings is 1. The molecule has 0 aromatic carbocycles. The number of carbonyl (C=O) groups is 1. The van der Waals surface area contributed by atoms with Crippen LogP contribution in [0.4, 0.5) is 0 Å². The third-order valence-electron chi connectivity index (χ3n) is 9.37. The van der Waals surface area contributed by atoms with Gasteiger partial charge in [-0.25, -0.2) is 0 Å². The van der Waals surface area contributed by atoms with Gasteiger partial charge in [0.15, 0.2) is 0 Å². The average Bonchev–Trinajstić information content (AvgIpc) is 3.26. The molecule has 4 N–H and O–H groups in total. The Kier molecular flexibility index (Phi) is 9.29. The van der Waals surface area contributed by atoms with Gasteiger partial charge in [0, 0.05) is 63.7 Å². The Morgan fingerprint density at radius 3 is 2.74 bits per heavy atom. The van der Waals surface area contributed by atoms with Gasteiger partial charge < -0.3 is 20.5 Å². The van der Waals surface area contributed by atoms with Crippen molar-refractivity contribution in [3.8, 4) is 0 Å². The molecule has 0 aromatic heterocycles. The van der Waals surface area contributed by atoms with Crippen LogP contribution in [0, 0.1) is 11.8 Å². The summed E-state index contributed by atoms with van der Waals surface area (Å²) in [5.74, 6) is 2.32. The number of hydrogen-bond donors (Lipinski definition) is 3. The lowest BCUT2D eigenvalue weighted by molar-refractivity contribution is -0.119. The highest BCUT2D eigenvalue weighted by atomic mass is 32.2. The molecule has 5 rings (SSSR count). The number of fused-ring (bicyclic) bond motifs is 1. The average molecular weight is 510 g/mol. The Morgan fingerprint density at radius 1 is 1.09 bits per heavy atom. The second kappa shape index (κ2) is 12.4. The van der Waals surface area contributed by atoms with Crippen molar-refractivity contribution in [3.63, 3.8) is 0 Å². The first kappa shape index (κ1) is 26.2. The minimum atomic E-state index is -0.182. The molecule has 0 bridgehead atoms. The Morgan fingerprint density at radius 2 is 1.94 bits per heavy atom. The third-order valence-corrected chi connectivity index (χ3v) is 10.8. The van der Waals surface area contributed by atoms with Gasteiger partial charge in [0.25, 0.3) is 0 Å². The molecule has 4 saturated heterocycles. The minimum absolute atomic E-state index is 0.176. The van der Waals surface area contributed by atoms with Gasteiger partial charge in [0.2, 0.25) is 5.91 Å². The number of methoxy groups -OCH3 is 1. The van der Waals surface area contributed by atoms with Crippen LogP contribution in [0.1, 0.15) is 51.4 Å². The Bertz CT molecular complexity index is 696. The summed E-state index contributed by atoms with van der Waals surface area (Å²) < 4.78 is 11.6. The molecule has 35 heavy (non-hydrogen) atoms. The topological polar surface area (TPSA) is 92.1 Å². The van der Waals surface area contributed by atoms with Crippen molar-refractivity contribution in [2.75, 3.05) is 58.8 Å². The van der Waals surface area contributed by atoms with E-state index >= 15 is 0 Å². The van der Waals surface area contributed by atoms with Gasteiger partial charge in [-0.2, -0.15) is 0 Å². The van der Waals surface area contributed by atoms with E-state index in [1.807, 2.05) is 18.9 Å². The van der Waals surface area contributed by atoms with Crippen molar-refractivity contribution in [2.45, 2.75) is 87.0 Å². The first-order valence-corrected chi connectivity index (χ1v) is 15.2. The molecule has 5 aliphatic rings. The third kappa shape index (κ3) is 6.19. The highest BCUT2D eigenvalue weighted by molar-refractivity contribution is 8.00. The number of ether oxygens (including phenoxy) is 2. The molecule has 0 radical (unpaired) electrons. The van der Waals surface area contributed by atoms with Crippen LogP contribution in [-0.2, 0) is 14.3 Å². The van der Waals surface area contributed by atoms with E-state index in [0.29, 0.717) is 41.9 Å². The maximum Gasteiger partial charge on any atom is 0.219 e. The van der Waals surface area contributed by atoms with Crippen LogP contribution >= 0.6 is 11.8 Å². The van der Waals surface area contributed by atoms with Crippen molar-refractivity contribution >= 4 is 17.7 Å². The lowest BCUT2D eigenvalue weighted by Crippen LogP contribution is -2.63. The van der Waals surface area contributed by atoms with Crippen LogP contribution in [-0.4, -0.2) is 110 Å². The lowest BCUT2D eigenvalue weighted by atomic mass is 9.74. The predicted molar refractivity (Wildman–Crippen MR) is 140 cm³/mol. The molecule has 7 atom stereocenters. The Labute approximate surface area is 215 Å². The quantitative estimate of drug-likeness (QED) is 0.472. The summed E-state index contributed by atoms with van der Waals surface area (Å²) in [7, 11) is 1.89.